The van der Waals surface area contributed by atoms with Gasteiger partial charge in [0.25, 0.3) is 11.5 Å². The Kier molecular flexibility index (Phi) is 6.07. The van der Waals surface area contributed by atoms with Crippen LogP contribution in [0.5, 0.6) is 11.5 Å². The molecule has 1 atom stereocenters. The molecule has 1 amide bonds. The molecule has 0 aliphatic carbocycles. The molecule has 3 rings (SSSR count). The molecule has 1 aromatic carbocycles. The lowest BCUT2D eigenvalue weighted by Gasteiger charge is -2.18. The van der Waals surface area contributed by atoms with Gasteiger partial charge in [0.1, 0.15) is 17.6 Å². The number of aryl methyl sites for hydroxylation is 1. The Balaban J connectivity index is 1.50. The zero-order chi connectivity index (χ0) is 20.3. The van der Waals surface area contributed by atoms with Crippen molar-refractivity contribution in [2.45, 2.75) is 39.2 Å². The van der Waals surface area contributed by atoms with Gasteiger partial charge in [-0.25, -0.2) is 0 Å². The van der Waals surface area contributed by atoms with Gasteiger partial charge < -0.3 is 18.9 Å². The minimum absolute atomic E-state index is 0.0126. The van der Waals surface area contributed by atoms with Crippen LogP contribution in [0.15, 0.2) is 41.2 Å². The third-order valence-corrected chi connectivity index (χ3v) is 5.19. The van der Waals surface area contributed by atoms with Crippen LogP contribution in [0.4, 0.5) is 0 Å². The van der Waals surface area contributed by atoms with Crippen LogP contribution < -0.4 is 15.0 Å². The summed E-state index contributed by atoms with van der Waals surface area (Å²) >= 11 is 0. The highest BCUT2D eigenvalue weighted by Gasteiger charge is 2.28. The summed E-state index contributed by atoms with van der Waals surface area (Å²) in [5.74, 6) is 1.66. The number of pyridine rings is 1. The van der Waals surface area contributed by atoms with Crippen LogP contribution in [-0.4, -0.2) is 41.2 Å². The maximum atomic E-state index is 12.4. The van der Waals surface area contributed by atoms with Crippen LogP contribution in [0.25, 0.3) is 0 Å². The van der Waals surface area contributed by atoms with E-state index in [1.807, 2.05) is 37.3 Å². The molecule has 6 heteroatoms. The van der Waals surface area contributed by atoms with E-state index in [0.717, 1.165) is 12.1 Å². The van der Waals surface area contributed by atoms with E-state index in [0.29, 0.717) is 30.5 Å². The fraction of sp³-hybridized carbons (Fsp3) is 0.455. The molecule has 0 bridgehead atoms. The minimum Gasteiger partial charge on any atom is -0.488 e. The second-order valence-corrected chi connectivity index (χ2v) is 7.61. The Morgan fingerprint density at radius 1 is 1.18 bits per heavy atom. The number of likely N-dealkylation sites (tertiary alicyclic amines) is 1. The zero-order valence-corrected chi connectivity index (χ0v) is 17.0. The molecule has 0 spiro atoms. The predicted octanol–water partition coefficient (Wildman–Crippen LogP) is 2.88. The highest BCUT2D eigenvalue weighted by molar-refractivity contribution is 5.78. The normalized spacial score (nSPS) is 16.5. The highest BCUT2D eigenvalue weighted by Crippen LogP contribution is 2.20. The monoisotopic (exact) mass is 384 g/mol. The molecule has 0 radical (unpaired) electrons. The van der Waals surface area contributed by atoms with Gasteiger partial charge >= 0.3 is 0 Å². The Morgan fingerprint density at radius 2 is 1.89 bits per heavy atom. The molecule has 1 aliphatic rings. The molecule has 0 saturated carbocycles. The molecule has 1 aromatic heterocycles. The molecule has 2 aromatic rings. The van der Waals surface area contributed by atoms with Gasteiger partial charge in [0.2, 0.25) is 0 Å². The minimum atomic E-state index is -0.110. The largest absolute Gasteiger partial charge is 0.488 e. The van der Waals surface area contributed by atoms with E-state index in [1.165, 1.54) is 11.6 Å². The molecule has 1 fully saturated rings. The van der Waals surface area contributed by atoms with Crippen LogP contribution in [0.3, 0.4) is 0 Å². The van der Waals surface area contributed by atoms with Gasteiger partial charge in [0, 0.05) is 31.8 Å². The van der Waals surface area contributed by atoms with Crippen molar-refractivity contribution in [3.63, 3.8) is 0 Å². The summed E-state index contributed by atoms with van der Waals surface area (Å²) < 4.78 is 13.1. The van der Waals surface area contributed by atoms with Crippen molar-refractivity contribution < 1.29 is 14.3 Å². The standard InChI is InChI=1S/C22H28N2O4/c1-15(2)17-5-7-18(8-6-17)27-14-22(26)24-10-9-19(13-24)28-20-11-16(3)23(4)21(25)12-20/h5-8,11-12,15,19H,9-10,13-14H2,1-4H3. The number of hydrogen-bond acceptors (Lipinski definition) is 4. The van der Waals surface area contributed by atoms with E-state index in [4.69, 9.17) is 9.47 Å². The predicted molar refractivity (Wildman–Crippen MR) is 108 cm³/mol. The average Bonchev–Trinajstić information content (AvgIpc) is 3.13. The van der Waals surface area contributed by atoms with Crippen LogP contribution in [0.2, 0.25) is 0 Å². The van der Waals surface area contributed by atoms with Crippen molar-refractivity contribution >= 4 is 5.91 Å². The third kappa shape index (κ3) is 4.74. The second kappa shape index (κ2) is 8.50. The van der Waals surface area contributed by atoms with Crippen molar-refractivity contribution in [3.8, 4) is 11.5 Å². The summed E-state index contributed by atoms with van der Waals surface area (Å²) in [6, 6.07) is 11.2. The molecule has 6 nitrogen and oxygen atoms in total. The fourth-order valence-electron chi connectivity index (χ4n) is 3.23. The SMILES string of the molecule is Cc1cc(OC2CCN(C(=O)COc3ccc(C(C)C)cc3)C2)cc(=O)n1C. The summed E-state index contributed by atoms with van der Waals surface area (Å²) in [5, 5.41) is 0. The van der Waals surface area contributed by atoms with Crippen molar-refractivity contribution in [2.24, 2.45) is 7.05 Å². The van der Waals surface area contributed by atoms with E-state index in [1.54, 1.807) is 16.5 Å². The first-order chi connectivity index (χ1) is 13.3. The van der Waals surface area contributed by atoms with Crippen LogP contribution in [0.1, 0.15) is 37.4 Å². The Hall–Kier alpha value is -2.76. The molecule has 28 heavy (non-hydrogen) atoms. The maximum absolute atomic E-state index is 12.4. The molecule has 150 valence electrons. The van der Waals surface area contributed by atoms with Gasteiger partial charge in [-0.15, -0.1) is 0 Å². The van der Waals surface area contributed by atoms with Crippen molar-refractivity contribution in [1.82, 2.24) is 9.47 Å². The first kappa shape index (κ1) is 20.0. The number of carbonyl (C=O) groups excluding carboxylic acids is 1. The van der Waals surface area contributed by atoms with E-state index in [2.05, 4.69) is 13.8 Å². The van der Waals surface area contributed by atoms with Gasteiger partial charge in [-0.3, -0.25) is 9.59 Å². The second-order valence-electron chi connectivity index (χ2n) is 7.61. The highest BCUT2D eigenvalue weighted by atomic mass is 16.5. The molecule has 0 N–H and O–H groups in total. The number of carbonyl (C=O) groups is 1. The maximum Gasteiger partial charge on any atom is 0.260 e. The summed E-state index contributed by atoms with van der Waals surface area (Å²) in [5.41, 5.74) is 1.98. The third-order valence-electron chi connectivity index (χ3n) is 5.19. The van der Waals surface area contributed by atoms with Crippen molar-refractivity contribution in [1.29, 1.82) is 0 Å². The van der Waals surface area contributed by atoms with Gasteiger partial charge in [-0.05, 0) is 36.6 Å². The number of ether oxygens (including phenoxy) is 2. The molecule has 1 unspecified atom stereocenters. The van der Waals surface area contributed by atoms with Gasteiger partial charge in [-0.1, -0.05) is 26.0 Å². The van der Waals surface area contributed by atoms with E-state index >= 15 is 0 Å². The Labute approximate surface area is 165 Å². The molecular weight excluding hydrogens is 356 g/mol. The van der Waals surface area contributed by atoms with Gasteiger partial charge in [0.05, 0.1) is 6.54 Å². The smallest absolute Gasteiger partial charge is 0.260 e. The molecular formula is C22H28N2O4. The lowest BCUT2D eigenvalue weighted by Crippen LogP contribution is -2.34. The summed E-state index contributed by atoms with van der Waals surface area (Å²) in [6.07, 6.45) is 0.629. The first-order valence-electron chi connectivity index (χ1n) is 9.68. The number of rotatable bonds is 6. The average molecular weight is 384 g/mol. The molecule has 1 aliphatic heterocycles. The number of aromatic nitrogens is 1. The summed E-state index contributed by atoms with van der Waals surface area (Å²) in [7, 11) is 1.73. The Morgan fingerprint density at radius 3 is 2.54 bits per heavy atom. The number of amides is 1. The van der Waals surface area contributed by atoms with Crippen LogP contribution in [0, 0.1) is 6.92 Å². The van der Waals surface area contributed by atoms with Crippen LogP contribution in [-0.2, 0) is 11.8 Å². The zero-order valence-electron chi connectivity index (χ0n) is 17.0. The lowest BCUT2D eigenvalue weighted by atomic mass is 10.0. The van der Waals surface area contributed by atoms with E-state index < -0.39 is 0 Å². The number of hydrogen-bond donors (Lipinski definition) is 0. The number of nitrogens with zero attached hydrogens (tertiary/aromatic N) is 2. The van der Waals surface area contributed by atoms with Gasteiger partial charge in [-0.2, -0.15) is 0 Å². The molecule has 2 heterocycles. The van der Waals surface area contributed by atoms with Gasteiger partial charge in [0.15, 0.2) is 6.61 Å². The number of benzene rings is 1. The summed E-state index contributed by atoms with van der Waals surface area (Å²) in [4.78, 5) is 26.1. The first-order valence-corrected chi connectivity index (χ1v) is 9.68. The van der Waals surface area contributed by atoms with Crippen molar-refractivity contribution in [2.75, 3.05) is 19.7 Å². The molecule has 1 saturated heterocycles. The van der Waals surface area contributed by atoms with Crippen LogP contribution >= 0.6 is 0 Å². The fourth-order valence-corrected chi connectivity index (χ4v) is 3.23. The van der Waals surface area contributed by atoms with E-state index in [9.17, 15) is 9.59 Å². The lowest BCUT2D eigenvalue weighted by molar-refractivity contribution is -0.132. The van der Waals surface area contributed by atoms with E-state index in [-0.39, 0.29) is 24.2 Å². The van der Waals surface area contributed by atoms with Crippen molar-refractivity contribution in [3.05, 3.63) is 58.0 Å². The topological polar surface area (TPSA) is 60.8 Å². The Bertz CT molecular complexity index is 886. The summed E-state index contributed by atoms with van der Waals surface area (Å²) in [6.45, 7) is 7.29. The quantitative estimate of drug-likeness (QED) is 0.768.